The third kappa shape index (κ3) is 3.86. The van der Waals surface area contributed by atoms with Gasteiger partial charge in [-0.2, -0.15) is 0 Å². The summed E-state index contributed by atoms with van der Waals surface area (Å²) in [6.45, 7) is 6.76. The van der Waals surface area contributed by atoms with Crippen LogP contribution in [-0.4, -0.2) is 65.2 Å². The van der Waals surface area contributed by atoms with E-state index in [1.165, 1.54) is 12.2 Å². The number of aliphatic hydroxyl groups excluding tert-OH is 1. The molecule has 10 atom stereocenters. The molecule has 3 saturated carbocycles. The molecule has 4 fully saturated rings. The number of hydrogen-bond donors (Lipinski definition) is 1. The smallest absolute Gasteiger partial charge is 0.306 e. The second-order valence-corrected chi connectivity index (χ2v) is 12.5. The number of aliphatic hydroxyl groups is 1. The van der Waals surface area contributed by atoms with Crippen molar-refractivity contribution in [1.82, 2.24) is 0 Å². The average Bonchev–Trinajstić information content (AvgIpc) is 3.37. The lowest BCUT2D eigenvalue weighted by atomic mass is 9.44. The molecule has 1 saturated heterocycles. The zero-order chi connectivity index (χ0) is 28.4. The van der Waals surface area contributed by atoms with Gasteiger partial charge in [-0.15, -0.1) is 0 Å². The van der Waals surface area contributed by atoms with E-state index >= 15 is 8.78 Å². The summed E-state index contributed by atoms with van der Waals surface area (Å²) in [4.78, 5) is 38.3. The van der Waals surface area contributed by atoms with Crippen LogP contribution in [0.2, 0.25) is 0 Å². The lowest BCUT2D eigenvalue weighted by Gasteiger charge is -2.63. The molecule has 216 valence electrons. The van der Waals surface area contributed by atoms with Gasteiger partial charge in [0, 0.05) is 23.2 Å². The maximum absolute atomic E-state index is 17.5. The standard InChI is InChI=1S/C30H40F2O7/c1-5-7-9-25(36)37-16-23(35)30-24(38-26(39-30)8-6-2)14-18-19-13-21(31)20-12-17(33)10-11-27(20,3)29(19,32)22(34)15-28(18,30)4/h10-12,18-19,21-22,24,26,34H,5-9,13-16H2,1-4H3/t18-,19-,21-,22-,24+,26?,27-,28-,29-,30+/m0/s1. The van der Waals surface area contributed by atoms with E-state index in [1.54, 1.807) is 13.8 Å². The average molecular weight is 551 g/mol. The summed E-state index contributed by atoms with van der Waals surface area (Å²) in [5.74, 6) is -2.87. The minimum Gasteiger partial charge on any atom is -0.458 e. The summed E-state index contributed by atoms with van der Waals surface area (Å²) in [5.41, 5.74) is -6.39. The molecule has 5 aliphatic rings. The normalized spacial score (nSPS) is 46.1. The van der Waals surface area contributed by atoms with E-state index < -0.39 is 82.7 Å². The number of hydrogen-bond acceptors (Lipinski definition) is 7. The van der Waals surface area contributed by atoms with Crippen molar-refractivity contribution in [2.24, 2.45) is 22.7 Å². The van der Waals surface area contributed by atoms with Crippen LogP contribution in [-0.2, 0) is 28.6 Å². The summed E-state index contributed by atoms with van der Waals surface area (Å²) >= 11 is 0. The van der Waals surface area contributed by atoms with E-state index in [9.17, 15) is 19.5 Å². The van der Waals surface area contributed by atoms with Crippen molar-refractivity contribution in [2.75, 3.05) is 6.61 Å². The van der Waals surface area contributed by atoms with Crippen LogP contribution >= 0.6 is 0 Å². The van der Waals surface area contributed by atoms with Crippen LogP contribution in [0.1, 0.15) is 79.1 Å². The fourth-order valence-electron chi connectivity index (χ4n) is 8.53. The number of ether oxygens (including phenoxy) is 3. The van der Waals surface area contributed by atoms with Crippen LogP contribution in [0, 0.1) is 22.7 Å². The first-order chi connectivity index (χ1) is 18.4. The van der Waals surface area contributed by atoms with Gasteiger partial charge in [0.1, 0.15) is 6.17 Å². The van der Waals surface area contributed by atoms with Crippen molar-refractivity contribution >= 4 is 17.5 Å². The van der Waals surface area contributed by atoms with E-state index in [2.05, 4.69) is 0 Å². The fraction of sp³-hybridized carbons (Fsp3) is 0.767. The molecule has 0 bridgehead atoms. The van der Waals surface area contributed by atoms with Crippen molar-refractivity contribution < 1.29 is 42.5 Å². The number of carbonyl (C=O) groups is 3. The van der Waals surface area contributed by atoms with E-state index in [4.69, 9.17) is 14.2 Å². The number of halogens is 2. The van der Waals surface area contributed by atoms with E-state index in [1.807, 2.05) is 13.8 Å². The van der Waals surface area contributed by atoms with Gasteiger partial charge in [0.25, 0.3) is 0 Å². The highest BCUT2D eigenvalue weighted by Gasteiger charge is 2.80. The number of ketones is 2. The molecule has 0 aromatic carbocycles. The van der Waals surface area contributed by atoms with Crippen molar-refractivity contribution in [1.29, 1.82) is 0 Å². The Morgan fingerprint density at radius 1 is 1.18 bits per heavy atom. The third-order valence-electron chi connectivity index (χ3n) is 10.5. The molecule has 1 unspecified atom stereocenters. The molecule has 0 spiro atoms. The molecular formula is C30H40F2O7. The van der Waals surface area contributed by atoms with Crippen LogP contribution in [0.15, 0.2) is 23.8 Å². The number of carbonyl (C=O) groups excluding carboxylic acids is 3. The zero-order valence-electron chi connectivity index (χ0n) is 23.2. The molecule has 4 aliphatic carbocycles. The highest BCUT2D eigenvalue weighted by atomic mass is 19.1. The molecule has 39 heavy (non-hydrogen) atoms. The number of alkyl halides is 2. The minimum atomic E-state index is -2.26. The summed E-state index contributed by atoms with van der Waals surface area (Å²) in [6.07, 6.45) is 2.09. The summed E-state index contributed by atoms with van der Waals surface area (Å²) in [7, 11) is 0. The highest BCUT2D eigenvalue weighted by Crippen LogP contribution is 2.72. The van der Waals surface area contributed by atoms with Gasteiger partial charge < -0.3 is 19.3 Å². The molecule has 0 aromatic rings. The SMILES string of the molecule is CCCCC(=O)OCC(=O)[C@@]12OC(CCC)O[C@@H]1C[C@H]1[C@@H]3C[C@H](F)C4=CC(=O)C=C[C@]4(C)[C@@]3(F)[C@@H](O)C[C@@]12C. The first-order valence-corrected chi connectivity index (χ1v) is 14.4. The predicted octanol–water partition coefficient (Wildman–Crippen LogP) is 4.50. The molecule has 1 heterocycles. The Morgan fingerprint density at radius 3 is 2.62 bits per heavy atom. The van der Waals surface area contributed by atoms with Crippen molar-refractivity contribution in [3.8, 4) is 0 Å². The highest BCUT2D eigenvalue weighted by molar-refractivity contribution is 6.01. The van der Waals surface area contributed by atoms with E-state index in [0.717, 1.165) is 18.9 Å². The Bertz CT molecular complexity index is 1100. The van der Waals surface area contributed by atoms with Crippen molar-refractivity contribution in [3.63, 3.8) is 0 Å². The van der Waals surface area contributed by atoms with Gasteiger partial charge in [-0.1, -0.05) is 39.7 Å². The lowest BCUT2D eigenvalue weighted by molar-refractivity contribution is -0.235. The molecule has 5 rings (SSSR count). The summed E-state index contributed by atoms with van der Waals surface area (Å²) < 4.78 is 51.2. The first kappa shape index (κ1) is 28.6. The number of esters is 1. The molecule has 1 aliphatic heterocycles. The van der Waals surface area contributed by atoms with Crippen LogP contribution in [0.4, 0.5) is 8.78 Å². The number of rotatable bonds is 8. The Morgan fingerprint density at radius 2 is 1.92 bits per heavy atom. The van der Waals surface area contributed by atoms with E-state index in [0.29, 0.717) is 12.8 Å². The molecule has 0 radical (unpaired) electrons. The van der Waals surface area contributed by atoms with Gasteiger partial charge in [0.05, 0.1) is 12.2 Å². The first-order valence-electron chi connectivity index (χ1n) is 14.4. The Labute approximate surface area is 228 Å². The van der Waals surface area contributed by atoms with Gasteiger partial charge in [0.15, 0.2) is 29.9 Å². The van der Waals surface area contributed by atoms with E-state index in [-0.39, 0.29) is 31.3 Å². The molecule has 1 N–H and O–H groups in total. The molecule has 0 aromatic heterocycles. The van der Waals surface area contributed by atoms with Crippen LogP contribution < -0.4 is 0 Å². The van der Waals surface area contributed by atoms with Gasteiger partial charge in [-0.25, -0.2) is 8.78 Å². The second-order valence-electron chi connectivity index (χ2n) is 12.5. The number of allylic oxidation sites excluding steroid dienone is 4. The lowest BCUT2D eigenvalue weighted by Crippen LogP contribution is -2.71. The van der Waals surface area contributed by atoms with Gasteiger partial charge in [0.2, 0.25) is 5.78 Å². The second kappa shape index (κ2) is 9.84. The Kier molecular flexibility index (Phi) is 7.20. The maximum Gasteiger partial charge on any atom is 0.306 e. The Balaban J connectivity index is 1.53. The van der Waals surface area contributed by atoms with Crippen LogP contribution in [0.3, 0.4) is 0 Å². The molecular weight excluding hydrogens is 510 g/mol. The molecule has 7 nitrogen and oxygen atoms in total. The van der Waals surface area contributed by atoms with Gasteiger partial charge in [-0.3, -0.25) is 14.4 Å². The zero-order valence-corrected chi connectivity index (χ0v) is 23.2. The third-order valence-corrected chi connectivity index (χ3v) is 10.5. The largest absolute Gasteiger partial charge is 0.458 e. The number of unbranched alkanes of at least 4 members (excludes halogenated alkanes) is 1. The number of fused-ring (bicyclic) bond motifs is 7. The van der Waals surface area contributed by atoms with Crippen LogP contribution in [0.25, 0.3) is 0 Å². The summed E-state index contributed by atoms with van der Waals surface area (Å²) in [5, 5.41) is 11.6. The molecule has 0 amide bonds. The quantitative estimate of drug-likeness (QED) is 0.445. The predicted molar refractivity (Wildman–Crippen MR) is 137 cm³/mol. The topological polar surface area (TPSA) is 99.1 Å². The number of Topliss-reactive ketones (excluding diaryl/α,β-unsaturated/α-hetero) is 1. The summed E-state index contributed by atoms with van der Waals surface area (Å²) in [6, 6.07) is 0. The van der Waals surface area contributed by atoms with Gasteiger partial charge >= 0.3 is 5.97 Å². The Hall–Kier alpha value is -1.97. The van der Waals surface area contributed by atoms with Crippen LogP contribution in [0.5, 0.6) is 0 Å². The minimum absolute atomic E-state index is 0.0508. The van der Waals surface area contributed by atoms with Crippen molar-refractivity contribution in [2.45, 2.75) is 115 Å². The molecule has 9 heteroatoms. The monoisotopic (exact) mass is 550 g/mol. The maximum atomic E-state index is 17.5. The van der Waals surface area contributed by atoms with Gasteiger partial charge in [-0.05, 0) is 62.7 Å². The fourth-order valence-corrected chi connectivity index (χ4v) is 8.53. The van der Waals surface area contributed by atoms with Crippen molar-refractivity contribution in [3.05, 3.63) is 23.8 Å².